The van der Waals surface area contributed by atoms with E-state index in [4.69, 9.17) is 9.47 Å². The first-order valence-corrected chi connectivity index (χ1v) is 7.75. The van der Waals surface area contributed by atoms with Crippen LogP contribution in [0.4, 0.5) is 15.8 Å². The minimum atomic E-state index is -0.549. The third-order valence-electron chi connectivity index (χ3n) is 3.89. The van der Waals surface area contributed by atoms with Gasteiger partial charge in [-0.1, -0.05) is 0 Å². The molecule has 6 nitrogen and oxygen atoms in total. The Morgan fingerprint density at radius 1 is 1.29 bits per heavy atom. The van der Waals surface area contributed by atoms with Gasteiger partial charge in [0.05, 0.1) is 21.7 Å². The minimum Gasteiger partial charge on any atom is -0.365 e. The van der Waals surface area contributed by atoms with Crippen molar-refractivity contribution in [3.8, 4) is 0 Å². The molecule has 0 aliphatic carbocycles. The van der Waals surface area contributed by atoms with Gasteiger partial charge in [0.2, 0.25) is 0 Å². The van der Waals surface area contributed by atoms with E-state index >= 15 is 0 Å². The third-order valence-corrected chi connectivity index (χ3v) is 4.72. The standard InChI is InChI=1S/C13H14FIN2O4/c14-9-7-11(12(17(18)19)8-10(9)15)16-3-1-13(2-4-16)20-5-6-21-13/h7-8H,1-6H2. The predicted molar refractivity (Wildman–Crippen MR) is 81.9 cm³/mol. The molecule has 3 rings (SSSR count). The molecule has 8 heteroatoms. The van der Waals surface area contributed by atoms with Crippen LogP contribution in [0.1, 0.15) is 12.8 Å². The van der Waals surface area contributed by atoms with E-state index in [2.05, 4.69) is 0 Å². The van der Waals surface area contributed by atoms with Crippen molar-refractivity contribution >= 4 is 34.0 Å². The van der Waals surface area contributed by atoms with Crippen LogP contribution in [-0.2, 0) is 9.47 Å². The Labute approximate surface area is 134 Å². The molecule has 2 saturated heterocycles. The van der Waals surface area contributed by atoms with Crippen molar-refractivity contribution in [1.29, 1.82) is 0 Å². The molecule has 2 heterocycles. The SMILES string of the molecule is O=[N+]([O-])c1cc(I)c(F)cc1N1CCC2(CC1)OCCO2. The molecule has 2 fully saturated rings. The molecule has 0 aromatic heterocycles. The maximum Gasteiger partial charge on any atom is 0.293 e. The zero-order valence-electron chi connectivity index (χ0n) is 11.2. The summed E-state index contributed by atoms with van der Waals surface area (Å²) in [4.78, 5) is 12.5. The Morgan fingerprint density at radius 2 is 1.90 bits per heavy atom. The zero-order chi connectivity index (χ0) is 15.0. The van der Waals surface area contributed by atoms with E-state index in [1.165, 1.54) is 12.1 Å². The molecule has 0 atom stereocenters. The highest BCUT2D eigenvalue weighted by atomic mass is 127. The second-order valence-corrected chi connectivity index (χ2v) is 6.27. The van der Waals surface area contributed by atoms with Gasteiger partial charge < -0.3 is 14.4 Å². The lowest BCUT2D eigenvalue weighted by molar-refractivity contribution is -0.384. The van der Waals surface area contributed by atoms with Gasteiger partial charge in [-0.25, -0.2) is 4.39 Å². The fraction of sp³-hybridized carbons (Fsp3) is 0.538. The third kappa shape index (κ3) is 2.84. The molecule has 0 N–H and O–H groups in total. The van der Waals surface area contributed by atoms with Crippen LogP contribution in [-0.4, -0.2) is 37.0 Å². The molecule has 1 aromatic rings. The molecule has 0 bridgehead atoms. The maximum atomic E-state index is 13.8. The second-order valence-electron chi connectivity index (χ2n) is 5.11. The maximum absolute atomic E-state index is 13.8. The molecular formula is C13H14FIN2O4. The number of nitrogens with zero attached hydrogens (tertiary/aromatic N) is 2. The number of benzene rings is 1. The van der Waals surface area contributed by atoms with E-state index in [1.807, 2.05) is 4.90 Å². The summed E-state index contributed by atoms with van der Waals surface area (Å²) in [5.74, 6) is -0.989. The molecule has 114 valence electrons. The summed E-state index contributed by atoms with van der Waals surface area (Å²) < 4.78 is 25.3. The first-order valence-electron chi connectivity index (χ1n) is 6.67. The first-order chi connectivity index (χ1) is 10.0. The topological polar surface area (TPSA) is 64.8 Å². The summed E-state index contributed by atoms with van der Waals surface area (Å²) in [5.41, 5.74) is 0.260. The number of nitro groups is 1. The van der Waals surface area contributed by atoms with Gasteiger partial charge >= 0.3 is 0 Å². The average Bonchev–Trinajstić information content (AvgIpc) is 2.90. The van der Waals surface area contributed by atoms with Crippen LogP contribution < -0.4 is 4.90 Å². The average molecular weight is 408 g/mol. The van der Waals surface area contributed by atoms with Gasteiger partial charge in [0.1, 0.15) is 11.5 Å². The van der Waals surface area contributed by atoms with Crippen LogP contribution in [0, 0.1) is 19.5 Å². The normalized spacial score (nSPS) is 21.0. The van der Waals surface area contributed by atoms with Crippen LogP contribution in [0.25, 0.3) is 0 Å². The van der Waals surface area contributed by atoms with Crippen molar-refractivity contribution in [3.63, 3.8) is 0 Å². The lowest BCUT2D eigenvalue weighted by Gasteiger charge is -2.38. The summed E-state index contributed by atoms with van der Waals surface area (Å²) >= 11 is 1.76. The molecule has 2 aliphatic rings. The molecule has 2 aliphatic heterocycles. The molecule has 21 heavy (non-hydrogen) atoms. The Bertz CT molecular complexity index is 568. The van der Waals surface area contributed by atoms with Crippen LogP contribution in [0.3, 0.4) is 0 Å². The quantitative estimate of drug-likeness (QED) is 0.428. The van der Waals surface area contributed by atoms with Crippen LogP contribution in [0.2, 0.25) is 0 Å². The smallest absolute Gasteiger partial charge is 0.293 e. The minimum absolute atomic E-state index is 0.0648. The molecule has 0 unspecified atom stereocenters. The molecule has 0 amide bonds. The Hall–Kier alpha value is -1.00. The van der Waals surface area contributed by atoms with Crippen molar-refractivity contribution in [2.24, 2.45) is 0 Å². The molecule has 0 radical (unpaired) electrons. The Balaban J connectivity index is 1.84. The summed E-state index contributed by atoms with van der Waals surface area (Å²) in [5, 5.41) is 11.2. The summed E-state index contributed by atoms with van der Waals surface area (Å²) in [7, 11) is 0. The number of nitro benzene ring substituents is 1. The largest absolute Gasteiger partial charge is 0.365 e. The van der Waals surface area contributed by atoms with Crippen LogP contribution in [0.15, 0.2) is 12.1 Å². The monoisotopic (exact) mass is 408 g/mol. The zero-order valence-corrected chi connectivity index (χ0v) is 13.3. The number of ether oxygens (including phenoxy) is 2. The van der Waals surface area contributed by atoms with Crippen molar-refractivity contribution in [2.45, 2.75) is 18.6 Å². The lowest BCUT2D eigenvalue weighted by atomic mass is 10.0. The number of rotatable bonds is 2. The van der Waals surface area contributed by atoms with E-state index in [1.54, 1.807) is 22.6 Å². The fourth-order valence-electron chi connectivity index (χ4n) is 2.80. The molecular weight excluding hydrogens is 394 g/mol. The van der Waals surface area contributed by atoms with Gasteiger partial charge in [0.15, 0.2) is 5.79 Å². The Morgan fingerprint density at radius 3 is 2.48 bits per heavy atom. The van der Waals surface area contributed by atoms with Gasteiger partial charge in [-0.3, -0.25) is 10.1 Å². The van der Waals surface area contributed by atoms with E-state index < -0.39 is 16.5 Å². The Kier molecular flexibility index (Phi) is 4.02. The highest BCUT2D eigenvalue weighted by Crippen LogP contribution is 2.37. The van der Waals surface area contributed by atoms with E-state index in [-0.39, 0.29) is 9.26 Å². The van der Waals surface area contributed by atoms with E-state index in [9.17, 15) is 14.5 Å². The van der Waals surface area contributed by atoms with Gasteiger partial charge in [-0.05, 0) is 22.6 Å². The summed E-state index contributed by atoms with van der Waals surface area (Å²) in [6.45, 7) is 2.25. The van der Waals surface area contributed by atoms with Gasteiger partial charge in [-0.2, -0.15) is 0 Å². The van der Waals surface area contributed by atoms with Crippen LogP contribution >= 0.6 is 22.6 Å². The molecule has 1 aromatic carbocycles. The molecule has 0 saturated carbocycles. The number of hydrogen-bond acceptors (Lipinski definition) is 5. The first kappa shape index (κ1) is 14.9. The van der Waals surface area contributed by atoms with Gasteiger partial charge in [-0.15, -0.1) is 0 Å². The van der Waals surface area contributed by atoms with Crippen LogP contribution in [0.5, 0.6) is 0 Å². The highest BCUT2D eigenvalue weighted by molar-refractivity contribution is 14.1. The summed E-state index contributed by atoms with van der Waals surface area (Å²) in [6, 6.07) is 2.52. The van der Waals surface area contributed by atoms with Crippen molar-refractivity contribution in [3.05, 3.63) is 31.6 Å². The summed E-state index contributed by atoms with van der Waals surface area (Å²) in [6.07, 6.45) is 1.25. The van der Waals surface area contributed by atoms with Crippen molar-refractivity contribution < 1.29 is 18.8 Å². The predicted octanol–water partition coefficient (Wildman–Crippen LogP) is 2.68. The number of hydrogen-bond donors (Lipinski definition) is 0. The highest BCUT2D eigenvalue weighted by Gasteiger charge is 2.40. The number of piperidine rings is 1. The number of anilines is 1. The lowest BCUT2D eigenvalue weighted by Crippen LogP contribution is -2.45. The van der Waals surface area contributed by atoms with E-state index in [0.29, 0.717) is 44.8 Å². The van der Waals surface area contributed by atoms with Crippen molar-refractivity contribution in [2.75, 3.05) is 31.2 Å². The number of halogens is 2. The molecule has 1 spiro atoms. The fourth-order valence-corrected chi connectivity index (χ4v) is 3.25. The second kappa shape index (κ2) is 5.65. The van der Waals surface area contributed by atoms with Gasteiger partial charge in [0.25, 0.3) is 5.69 Å². The van der Waals surface area contributed by atoms with E-state index in [0.717, 1.165) is 0 Å². The van der Waals surface area contributed by atoms with Crippen molar-refractivity contribution in [1.82, 2.24) is 0 Å². The van der Waals surface area contributed by atoms with Gasteiger partial charge in [0, 0.05) is 38.1 Å².